The van der Waals surface area contributed by atoms with Gasteiger partial charge in [-0.25, -0.2) is 0 Å². The summed E-state index contributed by atoms with van der Waals surface area (Å²) in [5.41, 5.74) is 2.14. The van der Waals surface area contributed by atoms with Gasteiger partial charge in [-0.05, 0) is 56.2 Å². The van der Waals surface area contributed by atoms with Crippen molar-refractivity contribution in [1.82, 2.24) is 5.32 Å². The summed E-state index contributed by atoms with van der Waals surface area (Å²) in [5, 5.41) is 12.0. The molecule has 2 rings (SSSR count). The number of aliphatic hydroxyl groups is 1. The van der Waals surface area contributed by atoms with Crippen molar-refractivity contribution in [3.05, 3.63) is 29.3 Å². The Morgan fingerprint density at radius 1 is 1.45 bits per heavy atom. The summed E-state index contributed by atoms with van der Waals surface area (Å²) in [7, 11) is 0. The molecular formula is C16H23NO3. The first-order chi connectivity index (χ1) is 9.60. The molecule has 0 heterocycles. The van der Waals surface area contributed by atoms with Gasteiger partial charge in [0, 0.05) is 12.6 Å². The summed E-state index contributed by atoms with van der Waals surface area (Å²) >= 11 is 0. The summed E-state index contributed by atoms with van der Waals surface area (Å²) in [6.45, 7) is 4.10. The van der Waals surface area contributed by atoms with E-state index in [0.717, 1.165) is 29.7 Å². The van der Waals surface area contributed by atoms with Crippen LogP contribution in [0.4, 0.5) is 0 Å². The molecule has 0 aliphatic heterocycles. The first kappa shape index (κ1) is 14.9. The number of hydrogen-bond donors (Lipinski definition) is 2. The van der Waals surface area contributed by atoms with E-state index in [9.17, 15) is 4.79 Å². The zero-order chi connectivity index (χ0) is 14.5. The molecule has 2 N–H and O–H groups in total. The van der Waals surface area contributed by atoms with Gasteiger partial charge in [-0.3, -0.25) is 4.79 Å². The Kier molecular flexibility index (Phi) is 5.01. The summed E-state index contributed by atoms with van der Waals surface area (Å²) in [6.07, 6.45) is 2.91. The van der Waals surface area contributed by atoms with Crippen LogP contribution in [0.15, 0.2) is 18.2 Å². The minimum atomic E-state index is -0.115. The number of ether oxygens (including phenoxy) is 1. The van der Waals surface area contributed by atoms with E-state index in [-0.39, 0.29) is 25.2 Å². The zero-order valence-electron chi connectivity index (χ0n) is 12.2. The van der Waals surface area contributed by atoms with Gasteiger partial charge in [0.2, 0.25) is 0 Å². The summed E-state index contributed by atoms with van der Waals surface area (Å²) in [4.78, 5) is 11.9. The lowest BCUT2D eigenvalue weighted by molar-refractivity contribution is -0.124. The standard InChI is InChI=1S/C16H23NO3/c1-11-3-4-12(2)15(9-11)20-10-16(19)17-14(7-8-18)13-5-6-13/h3-4,9,13-14,18H,5-8,10H2,1-2H3,(H,17,19). The van der Waals surface area contributed by atoms with Gasteiger partial charge < -0.3 is 15.2 Å². The van der Waals surface area contributed by atoms with Crippen LogP contribution < -0.4 is 10.1 Å². The van der Waals surface area contributed by atoms with E-state index in [4.69, 9.17) is 9.84 Å². The number of aryl methyl sites for hydroxylation is 2. The molecule has 1 aromatic rings. The van der Waals surface area contributed by atoms with Crippen molar-refractivity contribution in [1.29, 1.82) is 0 Å². The van der Waals surface area contributed by atoms with E-state index in [1.807, 2.05) is 32.0 Å². The molecule has 110 valence electrons. The molecule has 0 radical (unpaired) electrons. The number of carbonyl (C=O) groups is 1. The molecule has 4 heteroatoms. The van der Waals surface area contributed by atoms with Crippen molar-refractivity contribution in [2.24, 2.45) is 5.92 Å². The van der Waals surface area contributed by atoms with Crippen LogP contribution in [-0.2, 0) is 4.79 Å². The number of rotatable bonds is 7. The van der Waals surface area contributed by atoms with Gasteiger partial charge in [-0.1, -0.05) is 12.1 Å². The van der Waals surface area contributed by atoms with Gasteiger partial charge in [0.25, 0.3) is 5.91 Å². The molecular weight excluding hydrogens is 254 g/mol. The van der Waals surface area contributed by atoms with Crippen molar-refractivity contribution in [3.8, 4) is 5.75 Å². The molecule has 0 spiro atoms. The molecule has 20 heavy (non-hydrogen) atoms. The lowest BCUT2D eigenvalue weighted by Gasteiger charge is -2.17. The molecule has 1 amide bonds. The number of amides is 1. The Bertz CT molecular complexity index is 469. The Labute approximate surface area is 120 Å². The van der Waals surface area contributed by atoms with Crippen molar-refractivity contribution in [2.75, 3.05) is 13.2 Å². The SMILES string of the molecule is Cc1ccc(C)c(OCC(=O)NC(CCO)C2CC2)c1. The second-order valence-electron chi connectivity index (χ2n) is 5.58. The molecule has 1 atom stereocenters. The summed E-state index contributed by atoms with van der Waals surface area (Å²) < 4.78 is 5.58. The number of hydrogen-bond acceptors (Lipinski definition) is 3. The zero-order valence-corrected chi connectivity index (χ0v) is 12.2. The van der Waals surface area contributed by atoms with E-state index in [0.29, 0.717) is 12.3 Å². The van der Waals surface area contributed by atoms with E-state index in [1.165, 1.54) is 0 Å². The Balaban J connectivity index is 1.83. The predicted octanol–water partition coefficient (Wildman–Crippen LogP) is 1.96. The smallest absolute Gasteiger partial charge is 0.258 e. The second-order valence-corrected chi connectivity index (χ2v) is 5.58. The Hall–Kier alpha value is -1.55. The predicted molar refractivity (Wildman–Crippen MR) is 77.8 cm³/mol. The highest BCUT2D eigenvalue weighted by atomic mass is 16.5. The van der Waals surface area contributed by atoms with Gasteiger partial charge in [-0.15, -0.1) is 0 Å². The van der Waals surface area contributed by atoms with Crippen LogP contribution >= 0.6 is 0 Å². The summed E-state index contributed by atoms with van der Waals surface area (Å²) in [5.74, 6) is 1.17. The van der Waals surface area contributed by atoms with Crippen LogP contribution in [-0.4, -0.2) is 30.3 Å². The van der Waals surface area contributed by atoms with E-state index in [2.05, 4.69) is 5.32 Å². The fourth-order valence-electron chi connectivity index (χ4n) is 2.32. The number of nitrogens with one attached hydrogen (secondary N) is 1. The average Bonchev–Trinajstić information content (AvgIpc) is 3.24. The highest BCUT2D eigenvalue weighted by Gasteiger charge is 2.31. The third-order valence-corrected chi connectivity index (χ3v) is 3.68. The van der Waals surface area contributed by atoms with E-state index < -0.39 is 0 Å². The lowest BCUT2D eigenvalue weighted by atomic mass is 10.1. The lowest BCUT2D eigenvalue weighted by Crippen LogP contribution is -2.39. The van der Waals surface area contributed by atoms with Gasteiger partial charge in [0.05, 0.1) is 0 Å². The monoisotopic (exact) mass is 277 g/mol. The number of benzene rings is 1. The maximum absolute atomic E-state index is 11.9. The minimum Gasteiger partial charge on any atom is -0.483 e. The van der Waals surface area contributed by atoms with Crippen molar-refractivity contribution in [2.45, 2.75) is 39.2 Å². The molecule has 1 saturated carbocycles. The van der Waals surface area contributed by atoms with Crippen LogP contribution in [0.1, 0.15) is 30.4 Å². The molecule has 1 unspecified atom stereocenters. The Morgan fingerprint density at radius 2 is 2.20 bits per heavy atom. The molecule has 1 aliphatic rings. The number of carbonyl (C=O) groups excluding carboxylic acids is 1. The quantitative estimate of drug-likeness (QED) is 0.801. The van der Waals surface area contributed by atoms with Crippen molar-refractivity contribution in [3.63, 3.8) is 0 Å². The molecule has 1 aliphatic carbocycles. The third-order valence-electron chi connectivity index (χ3n) is 3.68. The van der Waals surface area contributed by atoms with Gasteiger partial charge in [0.15, 0.2) is 6.61 Å². The average molecular weight is 277 g/mol. The molecule has 1 fully saturated rings. The van der Waals surface area contributed by atoms with Crippen LogP contribution in [0.3, 0.4) is 0 Å². The van der Waals surface area contributed by atoms with Gasteiger partial charge in [-0.2, -0.15) is 0 Å². The number of aliphatic hydroxyl groups excluding tert-OH is 1. The fraction of sp³-hybridized carbons (Fsp3) is 0.562. The topological polar surface area (TPSA) is 58.6 Å². The third kappa shape index (κ3) is 4.23. The summed E-state index contributed by atoms with van der Waals surface area (Å²) in [6, 6.07) is 6.04. The van der Waals surface area contributed by atoms with Crippen molar-refractivity contribution < 1.29 is 14.6 Å². The maximum atomic E-state index is 11.9. The molecule has 0 aromatic heterocycles. The van der Waals surface area contributed by atoms with Crippen LogP contribution in [0.5, 0.6) is 5.75 Å². The highest BCUT2D eigenvalue weighted by Crippen LogP contribution is 2.33. The van der Waals surface area contributed by atoms with E-state index >= 15 is 0 Å². The highest BCUT2D eigenvalue weighted by molar-refractivity contribution is 5.78. The first-order valence-corrected chi connectivity index (χ1v) is 7.20. The van der Waals surface area contributed by atoms with Crippen LogP contribution in [0, 0.1) is 19.8 Å². The maximum Gasteiger partial charge on any atom is 0.258 e. The van der Waals surface area contributed by atoms with E-state index in [1.54, 1.807) is 0 Å². The molecule has 0 saturated heterocycles. The molecule has 0 bridgehead atoms. The Morgan fingerprint density at radius 3 is 2.85 bits per heavy atom. The normalized spacial score (nSPS) is 15.8. The van der Waals surface area contributed by atoms with Crippen LogP contribution in [0.25, 0.3) is 0 Å². The van der Waals surface area contributed by atoms with Gasteiger partial charge >= 0.3 is 0 Å². The minimum absolute atomic E-state index is 0.0267. The van der Waals surface area contributed by atoms with Crippen molar-refractivity contribution >= 4 is 5.91 Å². The fourth-order valence-corrected chi connectivity index (χ4v) is 2.32. The van der Waals surface area contributed by atoms with Crippen LogP contribution in [0.2, 0.25) is 0 Å². The first-order valence-electron chi connectivity index (χ1n) is 7.20. The molecule has 1 aromatic carbocycles. The second kappa shape index (κ2) is 6.75. The van der Waals surface area contributed by atoms with Gasteiger partial charge in [0.1, 0.15) is 5.75 Å². The molecule has 4 nitrogen and oxygen atoms in total. The largest absolute Gasteiger partial charge is 0.483 e.